The van der Waals surface area contributed by atoms with Crippen molar-refractivity contribution in [3.05, 3.63) is 23.8 Å². The van der Waals surface area contributed by atoms with E-state index in [-0.39, 0.29) is 24.0 Å². The van der Waals surface area contributed by atoms with Crippen molar-refractivity contribution in [1.29, 1.82) is 0 Å². The first-order valence-electron chi connectivity index (χ1n) is 9.87. The second-order valence-corrected chi connectivity index (χ2v) is 6.76. The van der Waals surface area contributed by atoms with Gasteiger partial charge in [0.25, 0.3) is 0 Å². The molecule has 152 valence electrons. The summed E-state index contributed by atoms with van der Waals surface area (Å²) in [5.41, 5.74) is 1.22. The van der Waals surface area contributed by atoms with Crippen LogP contribution < -0.4 is 20.1 Å². The Hall–Kier alpha value is -1.22. The van der Waals surface area contributed by atoms with Gasteiger partial charge in [-0.15, -0.1) is 24.0 Å². The Morgan fingerprint density at radius 2 is 2.00 bits per heavy atom. The van der Waals surface area contributed by atoms with Crippen LogP contribution in [0.2, 0.25) is 0 Å². The molecule has 2 N–H and O–H groups in total. The molecular formula is C20H32IN3O3. The first-order valence-corrected chi connectivity index (χ1v) is 9.87. The number of fused-ring (bicyclic) bond motifs is 1. The minimum atomic E-state index is 0. The summed E-state index contributed by atoms with van der Waals surface area (Å²) in [4.78, 5) is 4.64. The van der Waals surface area contributed by atoms with Gasteiger partial charge in [0.1, 0.15) is 0 Å². The highest BCUT2D eigenvalue weighted by atomic mass is 127. The summed E-state index contributed by atoms with van der Waals surface area (Å²) in [5.74, 6) is 2.54. The molecular weight excluding hydrogens is 457 g/mol. The van der Waals surface area contributed by atoms with Crippen molar-refractivity contribution in [2.24, 2.45) is 4.99 Å². The van der Waals surface area contributed by atoms with Crippen molar-refractivity contribution in [1.82, 2.24) is 10.6 Å². The zero-order valence-electron chi connectivity index (χ0n) is 16.2. The van der Waals surface area contributed by atoms with Gasteiger partial charge in [0.2, 0.25) is 6.79 Å². The minimum absolute atomic E-state index is 0. The third kappa shape index (κ3) is 7.37. The Morgan fingerprint density at radius 1 is 1.19 bits per heavy atom. The van der Waals surface area contributed by atoms with E-state index in [1.54, 1.807) is 0 Å². The maximum absolute atomic E-state index is 5.89. The maximum Gasteiger partial charge on any atom is 0.231 e. The molecule has 1 aliphatic heterocycles. The summed E-state index contributed by atoms with van der Waals surface area (Å²) in [7, 11) is 0. The van der Waals surface area contributed by atoms with Gasteiger partial charge < -0.3 is 24.8 Å². The van der Waals surface area contributed by atoms with E-state index < -0.39 is 0 Å². The van der Waals surface area contributed by atoms with Gasteiger partial charge in [-0.05, 0) is 50.3 Å². The van der Waals surface area contributed by atoms with E-state index in [0.717, 1.165) is 56.5 Å². The highest BCUT2D eigenvalue weighted by molar-refractivity contribution is 14.0. The molecule has 27 heavy (non-hydrogen) atoms. The van der Waals surface area contributed by atoms with Gasteiger partial charge in [-0.2, -0.15) is 0 Å². The Bertz CT molecular complexity index is 592. The number of rotatable bonds is 9. The number of nitrogens with zero attached hydrogens (tertiary/aromatic N) is 1. The lowest BCUT2D eigenvalue weighted by molar-refractivity contribution is 0.0579. The van der Waals surface area contributed by atoms with Gasteiger partial charge in [0.15, 0.2) is 17.5 Å². The second kappa shape index (κ2) is 12.3. The summed E-state index contributed by atoms with van der Waals surface area (Å²) in [6, 6.07) is 6.11. The van der Waals surface area contributed by atoms with Crippen LogP contribution in [0.25, 0.3) is 0 Å². The van der Waals surface area contributed by atoms with Crippen molar-refractivity contribution in [3.63, 3.8) is 0 Å². The average Bonchev–Trinajstić information content (AvgIpc) is 3.32. The van der Waals surface area contributed by atoms with Crippen LogP contribution in [0.15, 0.2) is 23.2 Å². The van der Waals surface area contributed by atoms with Gasteiger partial charge in [0, 0.05) is 26.2 Å². The largest absolute Gasteiger partial charge is 0.454 e. The number of halogens is 1. The van der Waals surface area contributed by atoms with Crippen molar-refractivity contribution >= 4 is 29.9 Å². The van der Waals surface area contributed by atoms with Crippen molar-refractivity contribution < 1.29 is 14.2 Å². The molecule has 1 saturated carbocycles. The molecule has 0 aromatic heterocycles. The first-order chi connectivity index (χ1) is 12.8. The van der Waals surface area contributed by atoms with E-state index in [4.69, 9.17) is 14.2 Å². The number of hydrogen-bond acceptors (Lipinski definition) is 4. The molecule has 1 aromatic rings. The molecule has 0 spiro atoms. The highest BCUT2D eigenvalue weighted by Gasteiger charge is 2.14. The molecule has 0 unspecified atom stereocenters. The third-order valence-electron chi connectivity index (χ3n) is 4.72. The average molecular weight is 489 g/mol. The molecule has 6 nitrogen and oxygen atoms in total. The molecule has 0 amide bonds. The van der Waals surface area contributed by atoms with E-state index in [9.17, 15) is 0 Å². The monoisotopic (exact) mass is 489 g/mol. The molecule has 3 rings (SSSR count). The van der Waals surface area contributed by atoms with Crippen molar-refractivity contribution in [2.75, 3.05) is 33.0 Å². The fraction of sp³-hybridized carbons (Fsp3) is 0.650. The fourth-order valence-corrected chi connectivity index (χ4v) is 3.32. The van der Waals surface area contributed by atoms with Crippen molar-refractivity contribution in [2.45, 2.75) is 51.6 Å². The Morgan fingerprint density at radius 3 is 2.81 bits per heavy atom. The van der Waals surface area contributed by atoms with Crippen LogP contribution in [0.1, 0.15) is 44.6 Å². The summed E-state index contributed by atoms with van der Waals surface area (Å²) in [6.07, 6.45) is 7.47. The summed E-state index contributed by atoms with van der Waals surface area (Å²) < 4.78 is 16.7. The van der Waals surface area contributed by atoms with Crippen LogP contribution in [0.4, 0.5) is 0 Å². The highest BCUT2D eigenvalue weighted by Crippen LogP contribution is 2.32. The molecule has 1 heterocycles. The standard InChI is InChI=1S/C20H31N3O3.HI/c1-2-21-20(22-11-5-13-24-17-6-3-4-7-17)23-12-10-16-8-9-18-19(14-16)26-15-25-18;/h8-9,14,17H,2-7,10-13,15H2,1H3,(H2,21,22,23);1H. The minimum Gasteiger partial charge on any atom is -0.454 e. The molecule has 0 saturated heterocycles. The SMILES string of the molecule is CCNC(=NCCCOC1CCCC1)NCCc1ccc2c(c1)OCO2.I. The van der Waals surface area contributed by atoms with Gasteiger partial charge in [-0.25, -0.2) is 0 Å². The van der Waals surface area contributed by atoms with Crippen molar-refractivity contribution in [3.8, 4) is 11.5 Å². The maximum atomic E-state index is 5.89. The molecule has 1 aromatic carbocycles. The lowest BCUT2D eigenvalue weighted by Crippen LogP contribution is -2.38. The third-order valence-corrected chi connectivity index (χ3v) is 4.72. The summed E-state index contributed by atoms with van der Waals surface area (Å²) in [5, 5.41) is 6.69. The van der Waals surface area contributed by atoms with Crippen LogP contribution in [0.5, 0.6) is 11.5 Å². The van der Waals surface area contributed by atoms with E-state index >= 15 is 0 Å². The zero-order valence-corrected chi connectivity index (χ0v) is 18.5. The number of aliphatic imine (C=N–C) groups is 1. The predicted molar refractivity (Wildman–Crippen MR) is 118 cm³/mol. The summed E-state index contributed by atoms with van der Waals surface area (Å²) in [6.45, 7) is 5.67. The topological polar surface area (TPSA) is 64.1 Å². The second-order valence-electron chi connectivity index (χ2n) is 6.76. The van der Waals surface area contributed by atoms with E-state index in [1.807, 2.05) is 6.07 Å². The van der Waals surface area contributed by atoms with Gasteiger partial charge in [-0.1, -0.05) is 18.9 Å². The van der Waals surface area contributed by atoms with E-state index in [2.05, 4.69) is 34.7 Å². The van der Waals surface area contributed by atoms with Crippen LogP contribution in [0, 0.1) is 0 Å². The quantitative estimate of drug-likeness (QED) is 0.241. The van der Waals surface area contributed by atoms with E-state index in [0.29, 0.717) is 12.9 Å². The lowest BCUT2D eigenvalue weighted by Gasteiger charge is -2.12. The number of guanidine groups is 1. The smallest absolute Gasteiger partial charge is 0.231 e. The van der Waals surface area contributed by atoms with Gasteiger partial charge in [-0.3, -0.25) is 4.99 Å². The number of nitrogens with one attached hydrogen (secondary N) is 2. The Balaban J connectivity index is 0.00000261. The fourth-order valence-electron chi connectivity index (χ4n) is 3.32. The molecule has 0 atom stereocenters. The van der Waals surface area contributed by atoms with E-state index in [1.165, 1.54) is 31.2 Å². The number of hydrogen-bond donors (Lipinski definition) is 2. The Labute approximate surface area is 179 Å². The molecule has 2 aliphatic rings. The molecule has 0 radical (unpaired) electrons. The van der Waals surface area contributed by atoms with Crippen LogP contribution in [0.3, 0.4) is 0 Å². The zero-order chi connectivity index (χ0) is 18.0. The van der Waals surface area contributed by atoms with Crippen LogP contribution in [-0.2, 0) is 11.2 Å². The lowest BCUT2D eigenvalue weighted by atomic mass is 10.1. The Kier molecular flexibility index (Phi) is 10.0. The first kappa shape index (κ1) is 22.1. The van der Waals surface area contributed by atoms with Gasteiger partial charge in [0.05, 0.1) is 6.10 Å². The molecule has 1 aliphatic carbocycles. The summed E-state index contributed by atoms with van der Waals surface area (Å²) >= 11 is 0. The normalized spacial score (nSPS) is 16.3. The number of ether oxygens (including phenoxy) is 3. The molecule has 0 bridgehead atoms. The van der Waals surface area contributed by atoms with Crippen LogP contribution >= 0.6 is 24.0 Å². The molecule has 7 heteroatoms. The predicted octanol–water partition coefficient (Wildman–Crippen LogP) is 3.48. The molecule has 1 fully saturated rings. The van der Waals surface area contributed by atoms with Crippen LogP contribution in [-0.4, -0.2) is 45.1 Å². The number of benzene rings is 1. The van der Waals surface area contributed by atoms with Gasteiger partial charge >= 0.3 is 0 Å².